The van der Waals surface area contributed by atoms with Crippen LogP contribution in [0.4, 0.5) is 11.4 Å². The van der Waals surface area contributed by atoms with Crippen molar-refractivity contribution in [2.75, 3.05) is 23.9 Å². The third-order valence-electron chi connectivity index (χ3n) is 6.44. The lowest BCUT2D eigenvalue weighted by Gasteiger charge is -2.56. The molecule has 8 heteroatoms. The van der Waals surface area contributed by atoms with Crippen LogP contribution in [0, 0.1) is 5.92 Å². The van der Waals surface area contributed by atoms with E-state index >= 15 is 0 Å². The van der Waals surface area contributed by atoms with Crippen LogP contribution in [0.25, 0.3) is 0 Å². The number of hydrogen-bond acceptors (Lipinski definition) is 5. The molecule has 3 aromatic rings. The van der Waals surface area contributed by atoms with Gasteiger partial charge in [-0.2, -0.15) is 0 Å². The summed E-state index contributed by atoms with van der Waals surface area (Å²) in [5.74, 6) is 1.14. The highest BCUT2D eigenvalue weighted by atomic mass is 32.1. The molecule has 2 aliphatic rings. The van der Waals surface area contributed by atoms with Crippen molar-refractivity contribution in [1.29, 1.82) is 0 Å². The summed E-state index contributed by atoms with van der Waals surface area (Å²) in [4.78, 5) is 15.8. The second-order valence-electron chi connectivity index (χ2n) is 8.56. The first kappa shape index (κ1) is 23.0. The van der Waals surface area contributed by atoms with Crippen LogP contribution in [-0.4, -0.2) is 30.5 Å². The van der Waals surface area contributed by atoms with Crippen LogP contribution in [0.3, 0.4) is 0 Å². The largest absolute Gasteiger partial charge is 0.497 e. The molecule has 35 heavy (non-hydrogen) atoms. The number of methoxy groups -OCH3 is 1. The Kier molecular flexibility index (Phi) is 5.98. The monoisotopic (exact) mass is 489 g/mol. The van der Waals surface area contributed by atoms with Crippen LogP contribution >= 0.6 is 12.2 Å². The molecule has 0 aromatic heterocycles. The van der Waals surface area contributed by atoms with E-state index in [1.165, 1.54) is 0 Å². The first-order chi connectivity index (χ1) is 17.0. The molecule has 0 radical (unpaired) electrons. The molecule has 2 N–H and O–H groups in total. The number of para-hydroxylation sites is 2. The fraction of sp³-hybridized carbons (Fsp3) is 0.259. The van der Waals surface area contributed by atoms with E-state index in [-0.39, 0.29) is 5.91 Å². The average Bonchev–Trinajstić information content (AvgIpc) is 2.85. The van der Waals surface area contributed by atoms with E-state index in [2.05, 4.69) is 10.6 Å². The van der Waals surface area contributed by atoms with Crippen molar-refractivity contribution < 1.29 is 19.0 Å². The third kappa shape index (κ3) is 3.93. The standard InChI is InChI=1S/C27H27N3O4S/c1-4-33-21-12-8-11-20-23-22(25(31)28-17-13-15-19(32-3)16-14-17)27(2,34-24(20)21)30(26(35)29-23)18-9-6-5-7-10-18/h5-16,22-23H,4H2,1-3H3,(H,28,31)(H,29,35)/t22-,23+,27+/m0/s1. The number of carbonyl (C=O) groups excluding carboxylic acids is 1. The maximum absolute atomic E-state index is 13.9. The molecule has 0 unspecified atom stereocenters. The van der Waals surface area contributed by atoms with E-state index in [0.717, 1.165) is 11.3 Å². The molecule has 0 spiro atoms. The van der Waals surface area contributed by atoms with Crippen LogP contribution in [0.5, 0.6) is 17.2 Å². The van der Waals surface area contributed by atoms with Gasteiger partial charge in [0, 0.05) is 16.9 Å². The van der Waals surface area contributed by atoms with E-state index in [1.807, 2.05) is 91.5 Å². The van der Waals surface area contributed by atoms with Gasteiger partial charge < -0.3 is 24.8 Å². The molecule has 2 aliphatic heterocycles. The summed E-state index contributed by atoms with van der Waals surface area (Å²) in [6.07, 6.45) is 0. The van der Waals surface area contributed by atoms with Crippen LogP contribution in [0.1, 0.15) is 25.5 Å². The molecule has 5 rings (SSSR count). The molecular weight excluding hydrogens is 462 g/mol. The van der Waals surface area contributed by atoms with Crippen molar-refractivity contribution in [3.63, 3.8) is 0 Å². The average molecular weight is 490 g/mol. The van der Waals surface area contributed by atoms with Gasteiger partial charge in [0.25, 0.3) is 0 Å². The van der Waals surface area contributed by atoms with Crippen LogP contribution in [-0.2, 0) is 4.79 Å². The lowest BCUT2D eigenvalue weighted by Crippen LogP contribution is -2.72. The van der Waals surface area contributed by atoms with Crippen LogP contribution in [0.2, 0.25) is 0 Å². The van der Waals surface area contributed by atoms with E-state index < -0.39 is 17.7 Å². The number of nitrogens with one attached hydrogen (secondary N) is 2. The summed E-state index contributed by atoms with van der Waals surface area (Å²) < 4.78 is 17.8. The molecule has 2 bridgehead atoms. The van der Waals surface area contributed by atoms with Gasteiger partial charge in [-0.1, -0.05) is 30.3 Å². The summed E-state index contributed by atoms with van der Waals surface area (Å²) in [6.45, 7) is 4.33. The van der Waals surface area contributed by atoms with Gasteiger partial charge in [0.05, 0.1) is 19.8 Å². The number of fused-ring (bicyclic) bond motifs is 4. The summed E-state index contributed by atoms with van der Waals surface area (Å²) >= 11 is 5.80. The minimum absolute atomic E-state index is 0.189. The van der Waals surface area contributed by atoms with Crippen molar-refractivity contribution >= 4 is 34.6 Å². The minimum atomic E-state index is -1.12. The lowest BCUT2D eigenvalue weighted by molar-refractivity contribution is -0.130. The quantitative estimate of drug-likeness (QED) is 0.478. The Hall–Kier alpha value is -3.78. The Morgan fingerprint density at radius 1 is 1.11 bits per heavy atom. The van der Waals surface area contributed by atoms with E-state index in [1.54, 1.807) is 7.11 Å². The summed E-state index contributed by atoms with van der Waals surface area (Å²) in [5.41, 5.74) is 1.20. The SMILES string of the molecule is CCOc1cccc2c1O[C@]1(C)[C@H](C(=O)Nc3ccc(OC)cc3)[C@@H]2NC(=S)N1c1ccccc1. The number of nitrogens with zero attached hydrogens (tertiary/aromatic N) is 1. The smallest absolute Gasteiger partial charge is 0.236 e. The molecule has 3 atom stereocenters. The molecule has 2 heterocycles. The van der Waals surface area contributed by atoms with Crippen molar-refractivity contribution in [3.05, 3.63) is 78.4 Å². The van der Waals surface area contributed by atoms with E-state index in [0.29, 0.717) is 34.7 Å². The second kappa shape index (κ2) is 9.11. The zero-order chi connectivity index (χ0) is 24.6. The fourth-order valence-corrected chi connectivity index (χ4v) is 5.31. The molecule has 1 saturated heterocycles. The van der Waals surface area contributed by atoms with Crippen molar-refractivity contribution in [1.82, 2.24) is 5.32 Å². The van der Waals surface area contributed by atoms with Crippen LogP contribution in [0.15, 0.2) is 72.8 Å². The molecule has 7 nitrogen and oxygen atoms in total. The molecule has 1 fully saturated rings. The summed E-state index contributed by atoms with van der Waals surface area (Å²) in [5, 5.41) is 6.97. The Balaban J connectivity index is 1.61. The Bertz CT molecular complexity index is 1250. The highest BCUT2D eigenvalue weighted by Crippen LogP contribution is 2.52. The van der Waals surface area contributed by atoms with Crippen molar-refractivity contribution in [2.45, 2.75) is 25.6 Å². The second-order valence-corrected chi connectivity index (χ2v) is 8.94. The van der Waals surface area contributed by atoms with Gasteiger partial charge in [-0.3, -0.25) is 9.69 Å². The number of rotatable bonds is 6. The topological polar surface area (TPSA) is 72.1 Å². The predicted octanol–water partition coefficient (Wildman–Crippen LogP) is 4.89. The van der Waals surface area contributed by atoms with Gasteiger partial charge in [0.1, 0.15) is 11.7 Å². The van der Waals surface area contributed by atoms with Crippen LogP contribution < -0.4 is 29.7 Å². The van der Waals surface area contributed by atoms with Crippen molar-refractivity contribution in [2.24, 2.45) is 5.92 Å². The first-order valence-corrected chi connectivity index (χ1v) is 11.9. The lowest BCUT2D eigenvalue weighted by atomic mass is 9.78. The molecule has 1 amide bonds. The minimum Gasteiger partial charge on any atom is -0.497 e. The van der Waals surface area contributed by atoms with Gasteiger partial charge >= 0.3 is 0 Å². The van der Waals surface area contributed by atoms with Gasteiger partial charge in [0.2, 0.25) is 5.91 Å². The fourth-order valence-electron chi connectivity index (χ4n) is 4.90. The number of amides is 1. The van der Waals surface area contributed by atoms with Gasteiger partial charge in [-0.05, 0) is 68.5 Å². The van der Waals surface area contributed by atoms with Gasteiger partial charge in [0.15, 0.2) is 22.3 Å². The van der Waals surface area contributed by atoms with Gasteiger partial charge in [-0.25, -0.2) is 0 Å². The maximum Gasteiger partial charge on any atom is 0.236 e. The zero-order valence-corrected chi connectivity index (χ0v) is 20.6. The molecule has 0 saturated carbocycles. The van der Waals surface area contributed by atoms with E-state index in [9.17, 15) is 4.79 Å². The maximum atomic E-state index is 13.9. The number of anilines is 2. The Labute approximate surface area is 210 Å². The summed E-state index contributed by atoms with van der Waals surface area (Å²) in [7, 11) is 1.61. The van der Waals surface area contributed by atoms with Gasteiger partial charge in [-0.15, -0.1) is 0 Å². The first-order valence-electron chi connectivity index (χ1n) is 11.5. The zero-order valence-electron chi connectivity index (χ0n) is 19.8. The Morgan fingerprint density at radius 2 is 1.86 bits per heavy atom. The Morgan fingerprint density at radius 3 is 2.54 bits per heavy atom. The molecular formula is C27H27N3O4S. The number of benzene rings is 3. The predicted molar refractivity (Wildman–Crippen MR) is 139 cm³/mol. The van der Waals surface area contributed by atoms with E-state index in [4.69, 9.17) is 26.4 Å². The number of hydrogen-bond donors (Lipinski definition) is 2. The normalized spacial score (nSPS) is 22.4. The molecule has 180 valence electrons. The third-order valence-corrected chi connectivity index (χ3v) is 6.74. The number of thiocarbonyl (C=S) groups is 1. The number of carbonyl (C=O) groups is 1. The highest BCUT2D eigenvalue weighted by Gasteiger charge is 2.59. The molecule has 3 aromatic carbocycles. The summed E-state index contributed by atoms with van der Waals surface area (Å²) in [6, 6.07) is 22.3. The highest BCUT2D eigenvalue weighted by molar-refractivity contribution is 7.80. The number of ether oxygens (including phenoxy) is 3. The van der Waals surface area contributed by atoms with Crippen molar-refractivity contribution in [3.8, 4) is 17.2 Å². The molecule has 0 aliphatic carbocycles.